The Morgan fingerprint density at radius 2 is 1.94 bits per heavy atom. The van der Waals surface area contributed by atoms with Gasteiger partial charge in [-0.15, -0.1) is 23.2 Å². The van der Waals surface area contributed by atoms with Crippen LogP contribution in [0.25, 0.3) is 0 Å². The third kappa shape index (κ3) is 1.69. The van der Waals surface area contributed by atoms with Crippen LogP contribution in [0.2, 0.25) is 0 Å². The van der Waals surface area contributed by atoms with Crippen LogP contribution < -0.4 is 4.74 Å². The summed E-state index contributed by atoms with van der Waals surface area (Å²) in [5.74, 6) is 0.659. The minimum atomic E-state index is -0.840. The Morgan fingerprint density at radius 1 is 1.38 bits per heavy atom. The van der Waals surface area contributed by atoms with E-state index in [1.807, 2.05) is 31.2 Å². The number of hydrogen-bond acceptors (Lipinski definition) is 2. The van der Waals surface area contributed by atoms with Crippen molar-refractivity contribution in [2.45, 2.75) is 23.8 Å². The van der Waals surface area contributed by atoms with E-state index in [0.29, 0.717) is 12.2 Å². The maximum atomic E-state index is 10.3. The summed E-state index contributed by atoms with van der Waals surface area (Å²) in [6.07, 6.45) is -0.124. The van der Waals surface area contributed by atoms with E-state index in [0.717, 1.165) is 5.56 Å². The van der Waals surface area contributed by atoms with Gasteiger partial charge < -0.3 is 9.84 Å². The van der Waals surface area contributed by atoms with E-state index in [9.17, 15) is 5.11 Å². The Bertz CT molecular complexity index is 406. The zero-order chi connectivity index (χ0) is 12.0. The lowest BCUT2D eigenvalue weighted by Gasteiger charge is -2.22. The molecule has 1 aromatic rings. The topological polar surface area (TPSA) is 29.5 Å². The maximum Gasteiger partial charge on any atom is 0.127 e. The van der Waals surface area contributed by atoms with Crippen molar-refractivity contribution in [3.63, 3.8) is 0 Å². The van der Waals surface area contributed by atoms with Gasteiger partial charge in [0.15, 0.2) is 0 Å². The number of ether oxygens (including phenoxy) is 1. The van der Waals surface area contributed by atoms with Crippen LogP contribution in [0.15, 0.2) is 24.3 Å². The summed E-state index contributed by atoms with van der Waals surface area (Å²) in [6, 6.07) is 7.36. The van der Waals surface area contributed by atoms with Gasteiger partial charge in [-0.1, -0.05) is 25.1 Å². The third-order valence-corrected chi connectivity index (χ3v) is 4.47. The first-order valence-electron chi connectivity index (χ1n) is 5.11. The van der Waals surface area contributed by atoms with Crippen molar-refractivity contribution in [2.24, 2.45) is 5.41 Å². The number of alkyl halides is 2. The van der Waals surface area contributed by atoms with E-state index in [1.165, 1.54) is 0 Å². The first kappa shape index (κ1) is 12.0. The van der Waals surface area contributed by atoms with Crippen LogP contribution in [0.3, 0.4) is 0 Å². The number of rotatable bonds is 3. The van der Waals surface area contributed by atoms with E-state index in [4.69, 9.17) is 27.9 Å². The molecule has 1 aromatic carbocycles. The fourth-order valence-electron chi connectivity index (χ4n) is 1.95. The number of hydrogen-bond donors (Lipinski definition) is 1. The normalized spacial score (nSPS) is 28.6. The quantitative estimate of drug-likeness (QED) is 0.846. The second kappa shape index (κ2) is 3.80. The Labute approximate surface area is 105 Å². The first-order chi connectivity index (χ1) is 7.42. The van der Waals surface area contributed by atoms with Gasteiger partial charge in [0.2, 0.25) is 0 Å². The molecule has 0 aliphatic heterocycles. The van der Waals surface area contributed by atoms with E-state index in [1.54, 1.807) is 7.11 Å². The first-order valence-corrected chi connectivity index (χ1v) is 5.87. The van der Waals surface area contributed by atoms with Crippen LogP contribution in [0.1, 0.15) is 25.0 Å². The lowest BCUT2D eigenvalue weighted by Crippen LogP contribution is -2.17. The average Bonchev–Trinajstić information content (AvgIpc) is 2.78. The van der Waals surface area contributed by atoms with E-state index in [2.05, 4.69) is 0 Å². The molecule has 1 saturated carbocycles. The lowest BCUT2D eigenvalue weighted by molar-refractivity contribution is 0.0991. The van der Waals surface area contributed by atoms with Crippen LogP contribution in [0.5, 0.6) is 5.75 Å². The second-order valence-electron chi connectivity index (χ2n) is 4.44. The molecule has 0 unspecified atom stereocenters. The van der Waals surface area contributed by atoms with Crippen molar-refractivity contribution in [3.05, 3.63) is 29.8 Å². The number of aliphatic hydroxyl groups is 1. The minimum Gasteiger partial charge on any atom is -0.496 e. The molecule has 2 rings (SSSR count). The molecule has 4 heteroatoms. The highest BCUT2D eigenvalue weighted by molar-refractivity contribution is 6.51. The van der Waals surface area contributed by atoms with E-state index in [-0.39, 0.29) is 0 Å². The third-order valence-electron chi connectivity index (χ3n) is 3.34. The summed E-state index contributed by atoms with van der Waals surface area (Å²) in [5, 5.41) is 10.3. The van der Waals surface area contributed by atoms with Gasteiger partial charge in [-0.05, 0) is 12.5 Å². The molecular formula is C12H14Cl2O2. The van der Waals surface area contributed by atoms with Gasteiger partial charge in [0.1, 0.15) is 10.1 Å². The lowest BCUT2D eigenvalue weighted by atomic mass is 9.94. The molecule has 16 heavy (non-hydrogen) atoms. The molecule has 1 aliphatic carbocycles. The van der Waals surface area contributed by atoms with Crippen molar-refractivity contribution in [2.75, 3.05) is 7.11 Å². The zero-order valence-electron chi connectivity index (χ0n) is 9.21. The fourth-order valence-corrected chi connectivity index (χ4v) is 2.71. The van der Waals surface area contributed by atoms with Crippen molar-refractivity contribution < 1.29 is 9.84 Å². The van der Waals surface area contributed by atoms with Crippen LogP contribution in [-0.2, 0) is 0 Å². The fraction of sp³-hybridized carbons (Fsp3) is 0.500. The molecule has 0 aromatic heterocycles. The molecule has 0 amide bonds. The molecule has 0 heterocycles. The highest BCUT2D eigenvalue weighted by Crippen LogP contribution is 2.69. The Balaban J connectivity index is 2.32. The molecular weight excluding hydrogens is 247 g/mol. The molecule has 0 spiro atoms. The van der Waals surface area contributed by atoms with Gasteiger partial charge in [0.05, 0.1) is 13.2 Å². The van der Waals surface area contributed by atoms with Crippen LogP contribution in [0.4, 0.5) is 0 Å². The number of para-hydroxylation sites is 1. The van der Waals surface area contributed by atoms with Crippen molar-refractivity contribution in [1.82, 2.24) is 0 Å². The number of methoxy groups -OCH3 is 1. The molecule has 0 radical (unpaired) electrons. The van der Waals surface area contributed by atoms with E-state index < -0.39 is 15.9 Å². The average molecular weight is 261 g/mol. The number of benzene rings is 1. The highest BCUT2D eigenvalue weighted by atomic mass is 35.5. The van der Waals surface area contributed by atoms with Gasteiger partial charge >= 0.3 is 0 Å². The summed E-state index contributed by atoms with van der Waals surface area (Å²) in [4.78, 5) is 0. The van der Waals surface area contributed by atoms with Crippen molar-refractivity contribution in [3.8, 4) is 5.75 Å². The number of aliphatic hydroxyl groups excluding tert-OH is 1. The molecule has 0 saturated heterocycles. The van der Waals surface area contributed by atoms with Crippen molar-refractivity contribution >= 4 is 23.2 Å². The summed E-state index contributed by atoms with van der Waals surface area (Å²) in [7, 11) is 1.58. The standard InChI is InChI=1S/C12H14Cl2O2/c1-11(7-12(11,13)14)10(15)8-5-3-4-6-9(8)16-2/h3-6,10,15H,7H2,1-2H3/t10-,11-/m0/s1. The minimum absolute atomic E-state index is 0.495. The Hall–Kier alpha value is -0.440. The summed E-state index contributed by atoms with van der Waals surface area (Å²) in [6.45, 7) is 1.88. The Morgan fingerprint density at radius 3 is 2.44 bits per heavy atom. The molecule has 1 aliphatic rings. The highest BCUT2D eigenvalue weighted by Gasteiger charge is 2.67. The monoisotopic (exact) mass is 260 g/mol. The smallest absolute Gasteiger partial charge is 0.127 e. The molecule has 88 valence electrons. The SMILES string of the molecule is COc1ccccc1[C@H](O)[C@]1(C)CC1(Cl)Cl. The van der Waals surface area contributed by atoms with Crippen LogP contribution >= 0.6 is 23.2 Å². The molecule has 1 fully saturated rings. The van der Waals surface area contributed by atoms with Gasteiger partial charge in [-0.25, -0.2) is 0 Å². The molecule has 0 bridgehead atoms. The predicted molar refractivity (Wildman–Crippen MR) is 65.1 cm³/mol. The summed E-state index contributed by atoms with van der Waals surface area (Å²) in [5.41, 5.74) is 0.237. The second-order valence-corrected chi connectivity index (χ2v) is 5.93. The zero-order valence-corrected chi connectivity index (χ0v) is 10.7. The van der Waals surface area contributed by atoms with E-state index >= 15 is 0 Å². The van der Waals surface area contributed by atoms with Gasteiger partial charge in [-0.3, -0.25) is 0 Å². The predicted octanol–water partition coefficient (Wildman–Crippen LogP) is 3.31. The summed E-state index contributed by atoms with van der Waals surface area (Å²) < 4.78 is 4.37. The number of halogens is 2. The van der Waals surface area contributed by atoms with Gasteiger partial charge in [-0.2, -0.15) is 0 Å². The van der Waals surface area contributed by atoms with Gasteiger partial charge in [0, 0.05) is 11.0 Å². The largest absolute Gasteiger partial charge is 0.496 e. The van der Waals surface area contributed by atoms with Gasteiger partial charge in [0.25, 0.3) is 0 Å². The maximum absolute atomic E-state index is 10.3. The molecule has 2 atom stereocenters. The summed E-state index contributed by atoms with van der Waals surface area (Å²) >= 11 is 12.1. The molecule has 2 nitrogen and oxygen atoms in total. The van der Waals surface area contributed by atoms with Crippen LogP contribution in [0, 0.1) is 5.41 Å². The van der Waals surface area contributed by atoms with Crippen LogP contribution in [-0.4, -0.2) is 16.5 Å². The molecule has 1 N–H and O–H groups in total. The Kier molecular flexibility index (Phi) is 2.85. The van der Waals surface area contributed by atoms with Crippen molar-refractivity contribution in [1.29, 1.82) is 0 Å².